The Morgan fingerprint density at radius 2 is 2.00 bits per heavy atom. The van der Waals surface area contributed by atoms with Crippen molar-refractivity contribution in [2.24, 2.45) is 5.14 Å². The molecule has 2 fully saturated rings. The summed E-state index contributed by atoms with van der Waals surface area (Å²) in [5, 5.41) is 11.6. The number of aryl methyl sites for hydroxylation is 1. The van der Waals surface area contributed by atoms with Gasteiger partial charge in [0.25, 0.3) is 11.1 Å². The number of imide groups is 1. The number of allylic oxidation sites excluding steroid dienone is 1. The van der Waals surface area contributed by atoms with Crippen LogP contribution in [-0.2, 0) is 9.59 Å². The zero-order chi connectivity index (χ0) is 22.0. The predicted molar refractivity (Wildman–Crippen MR) is 117 cm³/mol. The van der Waals surface area contributed by atoms with E-state index in [1.54, 1.807) is 31.2 Å². The molecule has 0 spiro atoms. The van der Waals surface area contributed by atoms with E-state index in [0.717, 1.165) is 51.9 Å². The van der Waals surface area contributed by atoms with E-state index in [2.05, 4.69) is 15.5 Å². The lowest BCUT2D eigenvalue weighted by Gasteiger charge is -2.21. The minimum Gasteiger partial charge on any atom is -0.339 e. The molecule has 1 aromatic carbocycles. The molecule has 3 amide bonds. The summed E-state index contributed by atoms with van der Waals surface area (Å²) in [5.74, 6) is 0.557. The van der Waals surface area contributed by atoms with Gasteiger partial charge in [0, 0.05) is 16.5 Å². The second-order valence-electron chi connectivity index (χ2n) is 7.34. The Hall–Kier alpha value is -2.63. The summed E-state index contributed by atoms with van der Waals surface area (Å²) in [5.41, 5.74) is 1.52. The number of nitrogens with one attached hydrogen (secondary N) is 1. The summed E-state index contributed by atoms with van der Waals surface area (Å²) >= 11 is 2.02. The Morgan fingerprint density at radius 1 is 1.29 bits per heavy atom. The standard InChI is InChI=1S/C20H21N5O4S2/c1-11-22-18(29-24-11)13-4-2-12(3-5-13)17-19(27)25(20(28)30-17)10-16(26)23-14-6-8-15(31-21)9-7-14/h6-9,13H,2-5,10,21H2,1H3,(H,23,26). The third-order valence-electron chi connectivity index (χ3n) is 5.23. The quantitative estimate of drug-likeness (QED) is 0.508. The van der Waals surface area contributed by atoms with Gasteiger partial charge < -0.3 is 9.84 Å². The fourth-order valence-electron chi connectivity index (χ4n) is 3.63. The second-order valence-corrected chi connectivity index (χ2v) is 9.01. The minimum absolute atomic E-state index is 0.161. The van der Waals surface area contributed by atoms with Gasteiger partial charge >= 0.3 is 0 Å². The molecule has 0 unspecified atom stereocenters. The van der Waals surface area contributed by atoms with Crippen LogP contribution in [0.25, 0.3) is 0 Å². The van der Waals surface area contributed by atoms with Crippen LogP contribution in [0, 0.1) is 6.92 Å². The van der Waals surface area contributed by atoms with Gasteiger partial charge in [0.15, 0.2) is 5.82 Å². The van der Waals surface area contributed by atoms with Gasteiger partial charge in [-0.3, -0.25) is 24.4 Å². The molecule has 0 bridgehead atoms. The average molecular weight is 460 g/mol. The van der Waals surface area contributed by atoms with Gasteiger partial charge in [-0.05, 0) is 80.6 Å². The molecular formula is C20H21N5O4S2. The Labute approximate surface area is 187 Å². The fourth-order valence-corrected chi connectivity index (χ4v) is 4.90. The number of carbonyl (C=O) groups is 3. The molecule has 2 aromatic rings. The molecule has 162 valence electrons. The largest absolute Gasteiger partial charge is 0.339 e. The van der Waals surface area contributed by atoms with E-state index in [-0.39, 0.29) is 12.5 Å². The molecule has 9 nitrogen and oxygen atoms in total. The Kier molecular flexibility index (Phi) is 6.44. The van der Waals surface area contributed by atoms with E-state index in [1.165, 1.54) is 0 Å². The lowest BCUT2D eigenvalue weighted by atomic mass is 9.85. The highest BCUT2D eigenvalue weighted by atomic mass is 32.2. The maximum atomic E-state index is 12.8. The van der Waals surface area contributed by atoms with Crippen molar-refractivity contribution in [3.8, 4) is 0 Å². The summed E-state index contributed by atoms with van der Waals surface area (Å²) in [6.45, 7) is 1.46. The van der Waals surface area contributed by atoms with Crippen molar-refractivity contribution in [3.63, 3.8) is 0 Å². The number of aromatic nitrogens is 2. The molecule has 2 aliphatic rings. The van der Waals surface area contributed by atoms with Crippen LogP contribution in [-0.4, -0.2) is 38.6 Å². The number of nitrogens with two attached hydrogens (primary N) is 1. The first kappa shape index (κ1) is 21.6. The highest BCUT2D eigenvalue weighted by Gasteiger charge is 2.39. The van der Waals surface area contributed by atoms with Crippen molar-refractivity contribution in [3.05, 3.63) is 46.5 Å². The van der Waals surface area contributed by atoms with E-state index in [4.69, 9.17) is 9.66 Å². The first-order valence-corrected chi connectivity index (χ1v) is 11.5. The summed E-state index contributed by atoms with van der Waals surface area (Å²) in [4.78, 5) is 44.2. The van der Waals surface area contributed by atoms with Gasteiger partial charge in [-0.25, -0.2) is 0 Å². The summed E-state index contributed by atoms with van der Waals surface area (Å²) < 4.78 is 5.26. The topological polar surface area (TPSA) is 131 Å². The number of benzene rings is 1. The van der Waals surface area contributed by atoms with Crippen LogP contribution in [0.5, 0.6) is 0 Å². The third-order valence-corrected chi connectivity index (χ3v) is 6.83. The molecule has 1 saturated heterocycles. The molecule has 0 radical (unpaired) electrons. The number of nitrogens with zero attached hydrogens (tertiary/aromatic N) is 3. The number of anilines is 1. The first-order valence-electron chi connectivity index (χ1n) is 9.77. The van der Waals surface area contributed by atoms with Crippen LogP contribution in [0.2, 0.25) is 0 Å². The normalized spacial score (nSPS) is 19.3. The van der Waals surface area contributed by atoms with Crippen LogP contribution >= 0.6 is 23.7 Å². The Bertz CT molecular complexity index is 1040. The highest BCUT2D eigenvalue weighted by molar-refractivity contribution is 8.18. The molecule has 1 aliphatic heterocycles. The fraction of sp³-hybridized carbons (Fsp3) is 0.350. The highest BCUT2D eigenvalue weighted by Crippen LogP contribution is 2.41. The SMILES string of the molecule is Cc1noc(C2CCC(=C3SC(=O)N(CC(=O)Nc4ccc(SN)cc4)C3=O)CC2)n1. The maximum Gasteiger partial charge on any atom is 0.294 e. The van der Waals surface area contributed by atoms with Gasteiger partial charge in [-0.2, -0.15) is 4.98 Å². The Balaban J connectivity index is 1.37. The zero-order valence-electron chi connectivity index (χ0n) is 16.8. The number of hydrogen-bond donors (Lipinski definition) is 2. The number of thioether (sulfide) groups is 1. The van der Waals surface area contributed by atoms with E-state index < -0.39 is 17.1 Å². The van der Waals surface area contributed by atoms with Gasteiger partial charge in [-0.1, -0.05) is 10.7 Å². The second kappa shape index (κ2) is 9.25. The molecule has 0 atom stereocenters. The van der Waals surface area contributed by atoms with Gasteiger partial charge in [0.05, 0.1) is 4.91 Å². The maximum absolute atomic E-state index is 12.8. The predicted octanol–water partition coefficient (Wildman–Crippen LogP) is 3.59. The number of amides is 3. The van der Waals surface area contributed by atoms with Crippen LogP contribution in [0.4, 0.5) is 10.5 Å². The molecule has 4 rings (SSSR count). The molecule has 3 N–H and O–H groups in total. The minimum atomic E-state index is -0.433. The molecule has 11 heteroatoms. The van der Waals surface area contributed by atoms with Crippen LogP contribution in [0.3, 0.4) is 0 Å². The summed E-state index contributed by atoms with van der Waals surface area (Å²) in [7, 11) is 0. The van der Waals surface area contributed by atoms with Gasteiger partial charge in [0.2, 0.25) is 11.8 Å². The number of carbonyl (C=O) groups excluding carboxylic acids is 3. The van der Waals surface area contributed by atoms with Crippen molar-refractivity contribution in [1.82, 2.24) is 15.0 Å². The monoisotopic (exact) mass is 459 g/mol. The summed E-state index contributed by atoms with van der Waals surface area (Å²) in [6.07, 6.45) is 2.91. The molecular weight excluding hydrogens is 438 g/mol. The van der Waals surface area contributed by atoms with E-state index in [9.17, 15) is 14.4 Å². The van der Waals surface area contributed by atoms with E-state index >= 15 is 0 Å². The van der Waals surface area contributed by atoms with Crippen LogP contribution < -0.4 is 10.5 Å². The van der Waals surface area contributed by atoms with Gasteiger partial charge in [0.1, 0.15) is 6.54 Å². The van der Waals surface area contributed by atoms with Crippen LogP contribution in [0.1, 0.15) is 43.3 Å². The lowest BCUT2D eigenvalue weighted by molar-refractivity contribution is -0.127. The van der Waals surface area contributed by atoms with E-state index in [0.29, 0.717) is 35.1 Å². The average Bonchev–Trinajstić information content (AvgIpc) is 3.33. The van der Waals surface area contributed by atoms with E-state index in [1.807, 2.05) is 0 Å². The molecule has 1 aliphatic carbocycles. The molecule has 1 saturated carbocycles. The smallest absolute Gasteiger partial charge is 0.294 e. The van der Waals surface area contributed by atoms with Crippen LogP contribution in [0.15, 0.2) is 44.2 Å². The molecule has 1 aromatic heterocycles. The molecule has 2 heterocycles. The van der Waals surface area contributed by atoms with Crippen molar-refractivity contribution < 1.29 is 18.9 Å². The van der Waals surface area contributed by atoms with Crippen molar-refractivity contribution in [2.75, 3.05) is 11.9 Å². The first-order chi connectivity index (χ1) is 14.9. The Morgan fingerprint density at radius 3 is 2.61 bits per heavy atom. The van der Waals surface area contributed by atoms with Crippen molar-refractivity contribution in [1.29, 1.82) is 0 Å². The van der Waals surface area contributed by atoms with Crippen molar-refractivity contribution >= 4 is 46.5 Å². The number of hydrogen-bond acceptors (Lipinski definition) is 9. The zero-order valence-corrected chi connectivity index (χ0v) is 18.4. The van der Waals surface area contributed by atoms with Gasteiger partial charge in [-0.15, -0.1) is 0 Å². The summed E-state index contributed by atoms with van der Waals surface area (Å²) in [6, 6.07) is 6.98. The lowest BCUT2D eigenvalue weighted by Crippen LogP contribution is -2.36. The number of rotatable bonds is 5. The molecule has 31 heavy (non-hydrogen) atoms. The third kappa shape index (κ3) is 4.83. The van der Waals surface area contributed by atoms with Crippen molar-refractivity contribution in [2.45, 2.75) is 43.4 Å².